The second-order valence-corrected chi connectivity index (χ2v) is 7.59. The van der Waals surface area contributed by atoms with Crippen LogP contribution in [0.4, 0.5) is 0 Å². The molecule has 2 aromatic heterocycles. The van der Waals surface area contributed by atoms with Gasteiger partial charge in [0, 0.05) is 24.3 Å². The van der Waals surface area contributed by atoms with Crippen LogP contribution in [-0.2, 0) is 24.4 Å². The summed E-state index contributed by atoms with van der Waals surface area (Å²) in [5, 5.41) is 10.4. The Kier molecular flexibility index (Phi) is 6.32. The summed E-state index contributed by atoms with van der Waals surface area (Å²) in [6.45, 7) is 0.452. The van der Waals surface area contributed by atoms with Crippen molar-refractivity contribution in [3.63, 3.8) is 0 Å². The predicted octanol–water partition coefficient (Wildman–Crippen LogP) is 2.40. The van der Waals surface area contributed by atoms with Crippen molar-refractivity contribution in [1.82, 2.24) is 24.8 Å². The smallest absolute Gasteiger partial charge is 0.350 e. The second kappa shape index (κ2) is 9.49. The van der Waals surface area contributed by atoms with Gasteiger partial charge in [-0.15, -0.1) is 5.10 Å². The molecule has 2 heterocycles. The van der Waals surface area contributed by atoms with E-state index in [9.17, 15) is 14.4 Å². The summed E-state index contributed by atoms with van der Waals surface area (Å²) in [5.74, 6) is -0.664. The van der Waals surface area contributed by atoms with E-state index < -0.39 is 5.69 Å². The topological polar surface area (TPSA) is 97.5 Å². The zero-order valence-electron chi connectivity index (χ0n) is 17.0. The van der Waals surface area contributed by atoms with E-state index >= 15 is 0 Å². The largest absolute Gasteiger partial charge is 0.350 e. The third kappa shape index (κ3) is 5.04. The highest BCUT2D eigenvalue weighted by Gasteiger charge is 2.13. The van der Waals surface area contributed by atoms with Crippen molar-refractivity contribution in [2.24, 2.45) is 0 Å². The number of hydrogen-bond donors (Lipinski definition) is 2. The van der Waals surface area contributed by atoms with Crippen LogP contribution < -0.4 is 16.3 Å². The fourth-order valence-electron chi connectivity index (χ4n) is 3.13. The SMILES string of the molecule is O=C(Cn1nc2ccc(C(=O)NCc3ccccc3)cn2c1=O)NCc1ccc(Cl)cc1. The van der Waals surface area contributed by atoms with Gasteiger partial charge in [-0.1, -0.05) is 54.1 Å². The first kappa shape index (κ1) is 21.3. The van der Waals surface area contributed by atoms with E-state index in [0.717, 1.165) is 15.8 Å². The van der Waals surface area contributed by atoms with Crippen molar-refractivity contribution < 1.29 is 9.59 Å². The van der Waals surface area contributed by atoms with Crippen molar-refractivity contribution in [2.75, 3.05) is 0 Å². The molecule has 2 amide bonds. The lowest BCUT2D eigenvalue weighted by atomic mass is 10.2. The average molecular weight is 450 g/mol. The Labute approximate surface area is 188 Å². The summed E-state index contributed by atoms with van der Waals surface area (Å²) in [6, 6.07) is 19.8. The molecule has 2 aromatic carbocycles. The van der Waals surface area contributed by atoms with Gasteiger partial charge in [0.05, 0.1) is 5.56 Å². The summed E-state index contributed by atoms with van der Waals surface area (Å²) in [7, 11) is 0. The molecule has 0 spiro atoms. The first-order valence-electron chi connectivity index (χ1n) is 9.92. The van der Waals surface area contributed by atoms with Crippen LogP contribution in [0.3, 0.4) is 0 Å². The molecule has 0 fully saturated rings. The van der Waals surface area contributed by atoms with Crippen LogP contribution in [0.5, 0.6) is 0 Å². The molecule has 0 atom stereocenters. The number of nitrogens with zero attached hydrogens (tertiary/aromatic N) is 3. The lowest BCUT2D eigenvalue weighted by molar-refractivity contribution is -0.122. The van der Waals surface area contributed by atoms with Crippen LogP contribution >= 0.6 is 11.6 Å². The van der Waals surface area contributed by atoms with Crippen molar-refractivity contribution in [3.05, 3.63) is 105 Å². The van der Waals surface area contributed by atoms with Crippen molar-refractivity contribution in [1.29, 1.82) is 0 Å². The molecule has 0 aliphatic carbocycles. The van der Waals surface area contributed by atoms with Gasteiger partial charge < -0.3 is 10.6 Å². The van der Waals surface area contributed by atoms with Crippen LogP contribution in [0.1, 0.15) is 21.5 Å². The van der Waals surface area contributed by atoms with E-state index in [1.165, 1.54) is 10.6 Å². The zero-order valence-corrected chi connectivity index (χ0v) is 17.7. The Balaban J connectivity index is 1.41. The first-order chi connectivity index (χ1) is 15.5. The number of benzene rings is 2. The van der Waals surface area contributed by atoms with Gasteiger partial charge in [0.1, 0.15) is 6.54 Å². The van der Waals surface area contributed by atoms with Gasteiger partial charge in [0.2, 0.25) is 5.91 Å². The van der Waals surface area contributed by atoms with E-state index in [1.807, 2.05) is 42.5 Å². The Morgan fingerprint density at radius 3 is 2.31 bits per heavy atom. The van der Waals surface area contributed by atoms with Crippen molar-refractivity contribution >= 4 is 29.1 Å². The Hall–Kier alpha value is -3.91. The Morgan fingerprint density at radius 1 is 0.875 bits per heavy atom. The van der Waals surface area contributed by atoms with Crippen LogP contribution in [-0.4, -0.2) is 26.0 Å². The molecule has 2 N–H and O–H groups in total. The quantitative estimate of drug-likeness (QED) is 0.452. The Bertz CT molecular complexity index is 1310. The van der Waals surface area contributed by atoms with E-state index in [4.69, 9.17) is 11.6 Å². The van der Waals surface area contributed by atoms with Gasteiger partial charge in [-0.25, -0.2) is 13.9 Å². The zero-order chi connectivity index (χ0) is 22.5. The van der Waals surface area contributed by atoms with Crippen LogP contribution in [0.15, 0.2) is 77.7 Å². The number of nitrogens with one attached hydrogen (secondary N) is 2. The molecule has 0 saturated carbocycles. The number of hydrogen-bond acceptors (Lipinski definition) is 4. The third-order valence-corrected chi connectivity index (χ3v) is 5.08. The maximum Gasteiger partial charge on any atom is 0.350 e. The molecular formula is C23H20ClN5O3. The maximum atomic E-state index is 12.7. The second-order valence-electron chi connectivity index (χ2n) is 7.16. The molecular weight excluding hydrogens is 430 g/mol. The molecule has 9 heteroatoms. The molecule has 0 saturated heterocycles. The van der Waals surface area contributed by atoms with E-state index in [1.54, 1.807) is 24.3 Å². The molecule has 0 radical (unpaired) electrons. The van der Waals surface area contributed by atoms with Crippen LogP contribution in [0, 0.1) is 0 Å². The summed E-state index contributed by atoms with van der Waals surface area (Å²) in [4.78, 5) is 37.4. The number of aromatic nitrogens is 3. The van der Waals surface area contributed by atoms with E-state index in [0.29, 0.717) is 29.3 Å². The minimum atomic E-state index is -0.501. The van der Waals surface area contributed by atoms with Crippen LogP contribution in [0.25, 0.3) is 5.65 Å². The number of halogens is 1. The molecule has 4 rings (SSSR count). The Morgan fingerprint density at radius 2 is 1.56 bits per heavy atom. The fourth-order valence-corrected chi connectivity index (χ4v) is 3.26. The first-order valence-corrected chi connectivity index (χ1v) is 10.3. The fraction of sp³-hybridized carbons (Fsp3) is 0.130. The van der Waals surface area contributed by atoms with Gasteiger partial charge in [-0.2, -0.15) is 0 Å². The van der Waals surface area contributed by atoms with Gasteiger partial charge in [-0.3, -0.25) is 9.59 Å². The molecule has 0 bridgehead atoms. The highest BCUT2D eigenvalue weighted by Crippen LogP contribution is 2.09. The number of amides is 2. The number of carbonyl (C=O) groups is 2. The predicted molar refractivity (Wildman–Crippen MR) is 120 cm³/mol. The standard InChI is InChI=1S/C23H20ClN5O3/c24-19-9-6-17(7-10-19)12-25-21(30)15-29-23(32)28-14-18(8-11-20(28)27-29)22(31)26-13-16-4-2-1-3-5-16/h1-11,14H,12-13,15H2,(H,25,30)(H,26,31). The van der Waals surface area contributed by atoms with Gasteiger partial charge in [-0.05, 0) is 35.4 Å². The van der Waals surface area contributed by atoms with Gasteiger partial charge >= 0.3 is 5.69 Å². The lowest BCUT2D eigenvalue weighted by Crippen LogP contribution is -2.32. The highest BCUT2D eigenvalue weighted by molar-refractivity contribution is 6.30. The molecule has 32 heavy (non-hydrogen) atoms. The third-order valence-electron chi connectivity index (χ3n) is 4.83. The minimum Gasteiger partial charge on any atom is -0.350 e. The minimum absolute atomic E-state index is 0.232. The monoisotopic (exact) mass is 449 g/mol. The van der Waals surface area contributed by atoms with E-state index in [2.05, 4.69) is 15.7 Å². The molecule has 162 valence electrons. The summed E-state index contributed by atoms with van der Waals surface area (Å²) < 4.78 is 2.32. The van der Waals surface area contributed by atoms with Crippen molar-refractivity contribution in [2.45, 2.75) is 19.6 Å². The maximum absolute atomic E-state index is 12.7. The molecule has 8 nitrogen and oxygen atoms in total. The number of pyridine rings is 1. The van der Waals surface area contributed by atoms with Crippen molar-refractivity contribution in [3.8, 4) is 0 Å². The highest BCUT2D eigenvalue weighted by atomic mass is 35.5. The lowest BCUT2D eigenvalue weighted by Gasteiger charge is -2.05. The number of rotatable bonds is 7. The molecule has 0 unspecified atom stereocenters. The van der Waals surface area contributed by atoms with Gasteiger partial charge in [0.25, 0.3) is 5.91 Å². The number of fused-ring (bicyclic) bond motifs is 1. The number of carbonyl (C=O) groups excluding carboxylic acids is 2. The molecule has 0 aliphatic rings. The summed E-state index contributed by atoms with van der Waals surface area (Å²) in [5.41, 5.74) is 2.02. The van der Waals surface area contributed by atoms with Gasteiger partial charge in [0.15, 0.2) is 5.65 Å². The summed E-state index contributed by atoms with van der Waals surface area (Å²) in [6.07, 6.45) is 1.42. The van der Waals surface area contributed by atoms with E-state index in [-0.39, 0.29) is 18.4 Å². The normalized spacial score (nSPS) is 10.8. The van der Waals surface area contributed by atoms with Crippen LogP contribution in [0.2, 0.25) is 5.02 Å². The molecule has 0 aliphatic heterocycles. The average Bonchev–Trinajstić information content (AvgIpc) is 3.12. The molecule has 4 aromatic rings. The summed E-state index contributed by atoms with van der Waals surface area (Å²) >= 11 is 5.85.